The highest BCUT2D eigenvalue weighted by Crippen LogP contribution is 2.62. The third kappa shape index (κ3) is 10.4. The average Bonchev–Trinajstić information content (AvgIpc) is 3.24. The lowest BCUT2D eigenvalue weighted by Gasteiger charge is -2.60. The van der Waals surface area contributed by atoms with Crippen molar-refractivity contribution in [1.29, 1.82) is 0 Å². The molecule has 0 saturated heterocycles. The van der Waals surface area contributed by atoms with Gasteiger partial charge in [-0.25, -0.2) is 9.59 Å². The van der Waals surface area contributed by atoms with Gasteiger partial charge in [0.2, 0.25) is 0 Å². The van der Waals surface area contributed by atoms with Gasteiger partial charge in [-0.15, -0.1) is 0 Å². The molecule has 0 spiro atoms. The maximum absolute atomic E-state index is 12.6. The van der Waals surface area contributed by atoms with Gasteiger partial charge < -0.3 is 28.8 Å². The largest absolute Gasteiger partial charge is 0.459 e. The second-order valence-corrected chi connectivity index (χ2v) is 25.7. The molecule has 66 heavy (non-hydrogen) atoms. The fourth-order valence-corrected chi connectivity index (χ4v) is 15.2. The van der Waals surface area contributed by atoms with Crippen LogP contribution in [0.2, 0.25) is 0 Å². The standard InChI is InChI=1S/C21H32O6.C18H30O2.C16H26O3/c1-5-20(2,3)19(24)26-11-17(22)25-12-18(23)27-21(4)15-7-13-6-14(9-15)10-16(21)8-13;1-5-17(3,4)16(19)20-18(6-2)14-8-12-7-13(10-14)11-15(18)9-12;1-4-14(2,3)13(17)19-16-8-11-5-12(9-16)7-15(18,6-11)10-16/h13-16H,5-12H2,1-4H3;12-15H,5-11H2,1-4H3;11-12,18H,4-10H2,1-3H3. The molecule has 0 radical (unpaired) electrons. The van der Waals surface area contributed by atoms with Crippen LogP contribution in [0.25, 0.3) is 0 Å². The van der Waals surface area contributed by atoms with E-state index < -0.39 is 53.2 Å². The van der Waals surface area contributed by atoms with Crippen LogP contribution >= 0.6 is 0 Å². The molecule has 0 aromatic carbocycles. The molecule has 12 rings (SSSR count). The van der Waals surface area contributed by atoms with E-state index in [1.54, 1.807) is 13.8 Å². The normalized spacial score (nSPS) is 39.8. The molecule has 12 aliphatic carbocycles. The van der Waals surface area contributed by atoms with Gasteiger partial charge in [-0.1, -0.05) is 27.7 Å². The maximum atomic E-state index is 12.6. The Morgan fingerprint density at radius 3 is 1.30 bits per heavy atom. The lowest BCUT2D eigenvalue weighted by atomic mass is 9.49. The van der Waals surface area contributed by atoms with Crippen molar-refractivity contribution < 1.29 is 52.8 Å². The lowest BCUT2D eigenvalue weighted by molar-refractivity contribution is -0.225. The van der Waals surface area contributed by atoms with Gasteiger partial charge in [0.15, 0.2) is 13.2 Å². The van der Waals surface area contributed by atoms with Crippen LogP contribution in [0.15, 0.2) is 0 Å². The van der Waals surface area contributed by atoms with E-state index in [2.05, 4.69) is 20.8 Å². The Bertz CT molecular complexity index is 1740. The molecule has 2 unspecified atom stereocenters. The van der Waals surface area contributed by atoms with Crippen molar-refractivity contribution in [3.63, 3.8) is 0 Å². The van der Waals surface area contributed by atoms with E-state index in [4.69, 9.17) is 23.7 Å². The summed E-state index contributed by atoms with van der Waals surface area (Å²) in [6.45, 7) is 20.8. The van der Waals surface area contributed by atoms with Gasteiger partial charge in [0.1, 0.15) is 16.8 Å². The van der Waals surface area contributed by atoms with E-state index in [1.165, 1.54) is 44.9 Å². The van der Waals surface area contributed by atoms with Crippen molar-refractivity contribution in [2.45, 2.75) is 227 Å². The minimum absolute atomic E-state index is 0.0364. The molecule has 12 saturated carbocycles. The Balaban J connectivity index is 0.000000150. The summed E-state index contributed by atoms with van der Waals surface area (Å²) in [5.41, 5.74) is -2.87. The van der Waals surface area contributed by atoms with E-state index in [9.17, 15) is 29.1 Å². The number of carbonyl (C=O) groups excluding carboxylic acids is 5. The summed E-state index contributed by atoms with van der Waals surface area (Å²) in [5, 5.41) is 10.6. The fourth-order valence-electron chi connectivity index (χ4n) is 15.2. The number of rotatable bonds is 14. The van der Waals surface area contributed by atoms with Gasteiger partial charge in [0.25, 0.3) is 0 Å². The number of carbonyl (C=O) groups is 5. The van der Waals surface area contributed by atoms with Crippen LogP contribution in [0.3, 0.4) is 0 Å². The molecule has 0 heterocycles. The van der Waals surface area contributed by atoms with E-state index in [0.29, 0.717) is 48.3 Å². The van der Waals surface area contributed by atoms with Crippen molar-refractivity contribution in [2.24, 2.45) is 75.4 Å². The molecule has 11 heteroatoms. The predicted molar refractivity (Wildman–Crippen MR) is 250 cm³/mol. The molecule has 0 aromatic heterocycles. The molecule has 0 aliphatic heterocycles. The highest BCUT2D eigenvalue weighted by molar-refractivity contribution is 5.81. The Labute approximate surface area is 397 Å². The molecule has 11 nitrogen and oxygen atoms in total. The van der Waals surface area contributed by atoms with Crippen LogP contribution in [0.4, 0.5) is 0 Å². The molecule has 0 amide bonds. The summed E-state index contributed by atoms with van der Waals surface area (Å²) in [4.78, 5) is 60.9. The second kappa shape index (κ2) is 18.9. The molecule has 0 aromatic rings. The number of hydrogen-bond donors (Lipinski definition) is 1. The fraction of sp³-hybridized carbons (Fsp3) is 0.909. The quantitative estimate of drug-likeness (QED) is 0.131. The predicted octanol–water partition coefficient (Wildman–Crippen LogP) is 10.9. The van der Waals surface area contributed by atoms with Crippen molar-refractivity contribution >= 4 is 29.8 Å². The Morgan fingerprint density at radius 1 is 0.485 bits per heavy atom. The number of aliphatic hydroxyl groups is 1. The molecule has 2 atom stereocenters. The molecule has 374 valence electrons. The molecule has 12 fully saturated rings. The van der Waals surface area contributed by atoms with Gasteiger partial charge in [0.05, 0.1) is 21.8 Å². The van der Waals surface area contributed by atoms with Gasteiger partial charge in [0, 0.05) is 6.42 Å². The monoisotopic (exact) mass is 925 g/mol. The van der Waals surface area contributed by atoms with Crippen LogP contribution in [-0.2, 0) is 47.7 Å². The average molecular weight is 925 g/mol. The molecular weight excluding hydrogens is 837 g/mol. The smallest absolute Gasteiger partial charge is 0.344 e. The Kier molecular flexibility index (Phi) is 14.7. The van der Waals surface area contributed by atoms with Crippen molar-refractivity contribution in [1.82, 2.24) is 0 Å². The van der Waals surface area contributed by atoms with Gasteiger partial charge >= 0.3 is 29.8 Å². The zero-order chi connectivity index (χ0) is 48.3. The minimum atomic E-state index is -0.734. The second-order valence-electron chi connectivity index (χ2n) is 25.7. The minimum Gasteiger partial charge on any atom is -0.459 e. The summed E-state index contributed by atoms with van der Waals surface area (Å²) >= 11 is 0. The zero-order valence-corrected chi connectivity index (χ0v) is 42.9. The van der Waals surface area contributed by atoms with Crippen molar-refractivity contribution in [2.75, 3.05) is 13.2 Å². The summed E-state index contributed by atoms with van der Waals surface area (Å²) in [6.07, 6.45) is 21.5. The molecule has 12 aliphatic rings. The van der Waals surface area contributed by atoms with Crippen LogP contribution in [0.1, 0.15) is 205 Å². The van der Waals surface area contributed by atoms with Crippen LogP contribution < -0.4 is 0 Å². The first-order valence-corrected chi connectivity index (χ1v) is 26.5. The van der Waals surface area contributed by atoms with Crippen LogP contribution in [-0.4, -0.2) is 70.6 Å². The van der Waals surface area contributed by atoms with E-state index in [1.807, 2.05) is 41.5 Å². The van der Waals surface area contributed by atoms with Crippen LogP contribution in [0, 0.1) is 75.4 Å². The summed E-state index contributed by atoms with van der Waals surface area (Å²) in [5.74, 6) is 4.93. The Hall–Kier alpha value is -2.69. The van der Waals surface area contributed by atoms with Crippen molar-refractivity contribution in [3.8, 4) is 0 Å². The number of esters is 5. The van der Waals surface area contributed by atoms with Gasteiger partial charge in [-0.3, -0.25) is 14.4 Å². The lowest BCUT2D eigenvalue weighted by Crippen LogP contribution is -2.61. The summed E-state index contributed by atoms with van der Waals surface area (Å²) in [7, 11) is 0. The van der Waals surface area contributed by atoms with E-state index in [-0.39, 0.29) is 28.6 Å². The molecule has 12 bridgehead atoms. The summed E-state index contributed by atoms with van der Waals surface area (Å²) in [6, 6.07) is 0. The first kappa shape index (κ1) is 51.2. The molecule has 1 N–H and O–H groups in total. The Morgan fingerprint density at radius 2 is 0.879 bits per heavy atom. The van der Waals surface area contributed by atoms with Gasteiger partial charge in [-0.2, -0.15) is 0 Å². The third-order valence-electron chi connectivity index (χ3n) is 19.7. The van der Waals surface area contributed by atoms with E-state index >= 15 is 0 Å². The third-order valence-corrected chi connectivity index (χ3v) is 19.7. The number of ether oxygens (including phenoxy) is 5. The SMILES string of the molecule is CCC(C)(C)C(=O)OC1(CC)C2CC3CC(C2)CC1C3.CCC(C)(C)C(=O)OC12CC3CC(CC(O)(C3)C1)C2.CCC(C)(C)C(=O)OCC(=O)OCC(=O)OC1(C)C2CC3CC(C2)CC1C3. The van der Waals surface area contributed by atoms with E-state index in [0.717, 1.165) is 94.3 Å². The van der Waals surface area contributed by atoms with Gasteiger partial charge in [-0.05, 0) is 230 Å². The summed E-state index contributed by atoms with van der Waals surface area (Å²) < 4.78 is 28.0. The van der Waals surface area contributed by atoms with Crippen LogP contribution in [0.5, 0.6) is 0 Å². The van der Waals surface area contributed by atoms with Crippen molar-refractivity contribution in [3.05, 3.63) is 0 Å². The highest BCUT2D eigenvalue weighted by atomic mass is 16.6. The topological polar surface area (TPSA) is 152 Å². The zero-order valence-electron chi connectivity index (χ0n) is 42.9. The maximum Gasteiger partial charge on any atom is 0.344 e. The first-order valence-electron chi connectivity index (χ1n) is 26.5. The highest BCUT2D eigenvalue weighted by Gasteiger charge is 2.61. The number of hydrogen-bond acceptors (Lipinski definition) is 11. The molecular formula is C55H88O11. The first-order chi connectivity index (χ1) is 30.8.